The molecule has 2 heteroatoms. The molecule has 0 aliphatic heterocycles. The average molecular weight is 171 g/mol. The first-order valence-corrected chi connectivity index (χ1v) is 5.12. The van der Waals surface area contributed by atoms with E-state index in [0.29, 0.717) is 5.92 Å². The van der Waals surface area contributed by atoms with Gasteiger partial charge in [-0.05, 0) is 25.2 Å². The molecule has 0 unspecified atom stereocenters. The van der Waals surface area contributed by atoms with Gasteiger partial charge in [0.15, 0.2) is 0 Å². The molecule has 1 fully saturated rings. The first-order valence-electron chi connectivity index (χ1n) is 5.12. The molecule has 0 heterocycles. The zero-order valence-corrected chi connectivity index (χ0v) is 8.05. The van der Waals surface area contributed by atoms with E-state index in [2.05, 4.69) is 6.92 Å². The van der Waals surface area contributed by atoms with Crippen molar-refractivity contribution in [1.82, 2.24) is 0 Å². The summed E-state index contributed by atoms with van der Waals surface area (Å²) in [6.07, 6.45) is 6.91. The normalized spacial score (nSPS) is 36.8. The minimum Gasteiger partial charge on any atom is -0.396 e. The van der Waals surface area contributed by atoms with Gasteiger partial charge in [0.05, 0.1) is 0 Å². The third kappa shape index (κ3) is 1.99. The van der Waals surface area contributed by atoms with Gasteiger partial charge in [0.2, 0.25) is 0 Å². The van der Waals surface area contributed by atoms with Gasteiger partial charge in [-0.2, -0.15) is 0 Å². The van der Waals surface area contributed by atoms with E-state index in [4.69, 9.17) is 5.73 Å². The van der Waals surface area contributed by atoms with Crippen molar-refractivity contribution in [2.75, 3.05) is 6.61 Å². The van der Waals surface area contributed by atoms with Crippen molar-refractivity contribution < 1.29 is 5.11 Å². The third-order valence-corrected chi connectivity index (χ3v) is 3.19. The van der Waals surface area contributed by atoms with Gasteiger partial charge in [-0.1, -0.05) is 26.2 Å². The summed E-state index contributed by atoms with van der Waals surface area (Å²) in [7, 11) is 0. The predicted octanol–water partition coefficient (Wildman–Crippen LogP) is 1.67. The Hall–Kier alpha value is -0.0800. The molecule has 1 aliphatic rings. The Labute approximate surface area is 75.2 Å². The van der Waals surface area contributed by atoms with Crippen molar-refractivity contribution in [2.45, 2.75) is 51.0 Å². The fourth-order valence-corrected chi connectivity index (χ4v) is 2.40. The van der Waals surface area contributed by atoms with Crippen molar-refractivity contribution in [3.8, 4) is 0 Å². The number of aliphatic hydroxyl groups is 1. The van der Waals surface area contributed by atoms with E-state index in [1.807, 2.05) is 0 Å². The van der Waals surface area contributed by atoms with Gasteiger partial charge < -0.3 is 10.8 Å². The topological polar surface area (TPSA) is 46.2 Å². The van der Waals surface area contributed by atoms with Crippen molar-refractivity contribution in [3.05, 3.63) is 0 Å². The van der Waals surface area contributed by atoms with Crippen LogP contribution in [0.4, 0.5) is 0 Å². The van der Waals surface area contributed by atoms with Gasteiger partial charge >= 0.3 is 0 Å². The Morgan fingerprint density at radius 2 is 2.25 bits per heavy atom. The molecule has 0 aromatic heterocycles. The highest BCUT2D eigenvalue weighted by Gasteiger charge is 2.35. The quantitative estimate of drug-likeness (QED) is 0.678. The highest BCUT2D eigenvalue weighted by molar-refractivity contribution is 4.93. The number of aliphatic hydroxyl groups excluding tert-OH is 1. The van der Waals surface area contributed by atoms with Crippen LogP contribution >= 0.6 is 0 Å². The predicted molar refractivity (Wildman–Crippen MR) is 50.9 cm³/mol. The van der Waals surface area contributed by atoms with Crippen molar-refractivity contribution in [1.29, 1.82) is 0 Å². The van der Waals surface area contributed by atoms with Crippen LogP contribution in [0.1, 0.15) is 45.4 Å². The maximum atomic E-state index is 9.17. The molecule has 1 aliphatic carbocycles. The van der Waals surface area contributed by atoms with Crippen LogP contribution in [0.3, 0.4) is 0 Å². The van der Waals surface area contributed by atoms with Gasteiger partial charge in [-0.3, -0.25) is 0 Å². The second-order valence-electron chi connectivity index (χ2n) is 4.11. The van der Waals surface area contributed by atoms with E-state index in [1.165, 1.54) is 12.8 Å². The molecule has 0 aromatic carbocycles. The van der Waals surface area contributed by atoms with Crippen LogP contribution in [0.5, 0.6) is 0 Å². The standard InChI is InChI=1S/C10H21NO/c1-2-6-10(11)7-4-3-5-9(10)8-12/h9,12H,2-8,11H2,1H3/t9-,10+/m1/s1. The fraction of sp³-hybridized carbons (Fsp3) is 1.00. The van der Waals surface area contributed by atoms with E-state index in [-0.39, 0.29) is 12.1 Å². The molecule has 0 amide bonds. The van der Waals surface area contributed by atoms with E-state index in [0.717, 1.165) is 25.7 Å². The van der Waals surface area contributed by atoms with Gasteiger partial charge in [0.25, 0.3) is 0 Å². The van der Waals surface area contributed by atoms with Crippen molar-refractivity contribution in [3.63, 3.8) is 0 Å². The lowest BCUT2D eigenvalue weighted by atomic mass is 9.71. The average Bonchev–Trinajstić information content (AvgIpc) is 2.05. The highest BCUT2D eigenvalue weighted by atomic mass is 16.3. The van der Waals surface area contributed by atoms with Crippen LogP contribution in [0, 0.1) is 5.92 Å². The molecule has 1 rings (SSSR count). The summed E-state index contributed by atoms with van der Waals surface area (Å²) in [6.45, 7) is 2.44. The maximum Gasteiger partial charge on any atom is 0.0476 e. The molecule has 72 valence electrons. The van der Waals surface area contributed by atoms with Crippen LogP contribution in [0.15, 0.2) is 0 Å². The van der Waals surface area contributed by atoms with Crippen LogP contribution in [-0.4, -0.2) is 17.3 Å². The number of rotatable bonds is 3. The Kier molecular flexibility index (Phi) is 3.53. The lowest BCUT2D eigenvalue weighted by Crippen LogP contribution is -2.50. The molecule has 3 N–H and O–H groups in total. The van der Waals surface area contributed by atoms with E-state index in [9.17, 15) is 5.11 Å². The molecular weight excluding hydrogens is 150 g/mol. The number of nitrogens with two attached hydrogens (primary N) is 1. The first-order chi connectivity index (χ1) is 5.73. The van der Waals surface area contributed by atoms with Gasteiger partial charge in [0.1, 0.15) is 0 Å². The zero-order valence-electron chi connectivity index (χ0n) is 8.05. The van der Waals surface area contributed by atoms with Gasteiger partial charge in [0, 0.05) is 12.1 Å². The van der Waals surface area contributed by atoms with Crippen LogP contribution in [-0.2, 0) is 0 Å². The summed E-state index contributed by atoms with van der Waals surface area (Å²) in [5.74, 6) is 0.353. The minimum absolute atomic E-state index is 0.0538. The van der Waals surface area contributed by atoms with Gasteiger partial charge in [-0.15, -0.1) is 0 Å². The molecule has 0 bridgehead atoms. The lowest BCUT2D eigenvalue weighted by molar-refractivity contribution is 0.102. The summed E-state index contributed by atoms with van der Waals surface area (Å²) in [4.78, 5) is 0. The summed E-state index contributed by atoms with van der Waals surface area (Å²) in [5.41, 5.74) is 6.21. The Balaban J connectivity index is 2.55. The number of hydrogen-bond donors (Lipinski definition) is 2. The Bertz CT molecular complexity index is 134. The lowest BCUT2D eigenvalue weighted by Gasteiger charge is -2.40. The van der Waals surface area contributed by atoms with E-state index < -0.39 is 0 Å². The largest absolute Gasteiger partial charge is 0.396 e. The number of hydrogen-bond acceptors (Lipinski definition) is 2. The summed E-state index contributed by atoms with van der Waals surface area (Å²) in [6, 6.07) is 0. The van der Waals surface area contributed by atoms with Crippen LogP contribution < -0.4 is 5.73 Å². The highest BCUT2D eigenvalue weighted by Crippen LogP contribution is 2.34. The first kappa shape index (κ1) is 10.0. The van der Waals surface area contributed by atoms with E-state index in [1.54, 1.807) is 0 Å². The fourth-order valence-electron chi connectivity index (χ4n) is 2.40. The molecule has 12 heavy (non-hydrogen) atoms. The Morgan fingerprint density at radius 1 is 1.50 bits per heavy atom. The smallest absolute Gasteiger partial charge is 0.0476 e. The van der Waals surface area contributed by atoms with Crippen molar-refractivity contribution >= 4 is 0 Å². The van der Waals surface area contributed by atoms with Gasteiger partial charge in [-0.25, -0.2) is 0 Å². The molecular formula is C10H21NO. The Morgan fingerprint density at radius 3 is 2.83 bits per heavy atom. The van der Waals surface area contributed by atoms with E-state index >= 15 is 0 Å². The maximum absolute atomic E-state index is 9.17. The van der Waals surface area contributed by atoms with Crippen LogP contribution in [0.25, 0.3) is 0 Å². The summed E-state index contributed by atoms with van der Waals surface area (Å²) < 4.78 is 0. The SMILES string of the molecule is CCC[C@]1(N)CCCC[C@@H]1CO. The molecule has 1 saturated carbocycles. The molecule has 2 atom stereocenters. The van der Waals surface area contributed by atoms with Crippen LogP contribution in [0.2, 0.25) is 0 Å². The summed E-state index contributed by atoms with van der Waals surface area (Å²) in [5, 5.41) is 9.17. The zero-order chi connectivity index (χ0) is 9.03. The van der Waals surface area contributed by atoms with Crippen molar-refractivity contribution in [2.24, 2.45) is 11.7 Å². The second kappa shape index (κ2) is 4.24. The second-order valence-corrected chi connectivity index (χ2v) is 4.11. The molecule has 0 radical (unpaired) electrons. The third-order valence-electron chi connectivity index (χ3n) is 3.19. The summed E-state index contributed by atoms with van der Waals surface area (Å²) >= 11 is 0. The molecule has 0 spiro atoms. The minimum atomic E-state index is -0.0538. The molecule has 2 nitrogen and oxygen atoms in total. The monoisotopic (exact) mass is 171 g/mol. The molecule has 0 saturated heterocycles. The molecule has 0 aromatic rings.